The fourth-order valence-electron chi connectivity index (χ4n) is 4.44. The quantitative estimate of drug-likeness (QED) is 0.828. The molecule has 3 aliphatic rings. The topological polar surface area (TPSA) is 61.4 Å². The number of carbonyl (C=O) groups excluding carboxylic acids is 2. The fourth-order valence-corrected chi connectivity index (χ4v) is 4.44. The highest BCUT2D eigenvalue weighted by Gasteiger charge is 2.40. The van der Waals surface area contributed by atoms with E-state index in [-0.39, 0.29) is 17.4 Å². The van der Waals surface area contributed by atoms with Crippen LogP contribution in [0.2, 0.25) is 0 Å². The van der Waals surface area contributed by atoms with Crippen molar-refractivity contribution in [3.63, 3.8) is 0 Å². The number of hydrogen-bond donors (Lipinski definition) is 2. The molecule has 2 atom stereocenters. The number of likely N-dealkylation sites (tertiary alicyclic amines) is 1. The first-order valence-electron chi connectivity index (χ1n) is 9.39. The van der Waals surface area contributed by atoms with Crippen LogP contribution < -0.4 is 10.6 Å². The van der Waals surface area contributed by atoms with Gasteiger partial charge in [0.25, 0.3) is 0 Å². The van der Waals surface area contributed by atoms with Gasteiger partial charge in [0, 0.05) is 25.0 Å². The lowest BCUT2D eigenvalue weighted by Crippen LogP contribution is -2.49. The summed E-state index contributed by atoms with van der Waals surface area (Å²) in [5.41, 5.74) is -0.126. The second kappa shape index (κ2) is 7.20. The van der Waals surface area contributed by atoms with Crippen molar-refractivity contribution in [2.45, 2.75) is 64.3 Å². The van der Waals surface area contributed by atoms with Gasteiger partial charge in [-0.1, -0.05) is 19.8 Å². The smallest absolute Gasteiger partial charge is 0.237 e. The molecule has 130 valence electrons. The van der Waals surface area contributed by atoms with Crippen LogP contribution in [0.25, 0.3) is 0 Å². The van der Waals surface area contributed by atoms with Crippen LogP contribution in [0.3, 0.4) is 0 Å². The average molecular weight is 321 g/mol. The summed E-state index contributed by atoms with van der Waals surface area (Å²) < 4.78 is 0. The van der Waals surface area contributed by atoms with E-state index in [2.05, 4.69) is 22.5 Å². The first kappa shape index (κ1) is 16.7. The minimum Gasteiger partial charge on any atom is -0.354 e. The summed E-state index contributed by atoms with van der Waals surface area (Å²) in [7, 11) is 0. The molecule has 1 saturated carbocycles. The third kappa shape index (κ3) is 3.87. The van der Waals surface area contributed by atoms with Crippen molar-refractivity contribution in [3.8, 4) is 0 Å². The van der Waals surface area contributed by atoms with Crippen LogP contribution in [-0.2, 0) is 9.59 Å². The number of nitrogens with zero attached hydrogens (tertiary/aromatic N) is 1. The van der Waals surface area contributed by atoms with Crippen LogP contribution in [0.15, 0.2) is 0 Å². The van der Waals surface area contributed by atoms with E-state index in [0.717, 1.165) is 58.2 Å². The van der Waals surface area contributed by atoms with Crippen LogP contribution >= 0.6 is 0 Å². The van der Waals surface area contributed by atoms with Crippen molar-refractivity contribution in [1.29, 1.82) is 0 Å². The molecule has 0 spiro atoms. The lowest BCUT2D eigenvalue weighted by atomic mass is 9.85. The second-order valence-corrected chi connectivity index (χ2v) is 7.92. The second-order valence-electron chi connectivity index (χ2n) is 7.92. The van der Waals surface area contributed by atoms with Gasteiger partial charge in [-0.05, 0) is 51.0 Å². The highest BCUT2D eigenvalue weighted by atomic mass is 16.2. The Hall–Kier alpha value is -1.10. The maximum Gasteiger partial charge on any atom is 0.237 e. The summed E-state index contributed by atoms with van der Waals surface area (Å²) in [6.07, 6.45) is 8.65. The normalized spacial score (nSPS) is 30.4. The molecular formula is C18H31N3O2. The number of piperidine rings is 1. The number of hydrogen-bond acceptors (Lipinski definition) is 3. The van der Waals surface area contributed by atoms with E-state index in [1.165, 1.54) is 12.8 Å². The van der Waals surface area contributed by atoms with Crippen LogP contribution in [0.5, 0.6) is 0 Å². The minimum atomic E-state index is -0.126. The average Bonchev–Trinajstić information content (AvgIpc) is 3.24. The van der Waals surface area contributed by atoms with E-state index < -0.39 is 0 Å². The highest BCUT2D eigenvalue weighted by molar-refractivity contribution is 5.83. The van der Waals surface area contributed by atoms with Crippen molar-refractivity contribution in [2.24, 2.45) is 11.3 Å². The monoisotopic (exact) mass is 321 g/mol. The Morgan fingerprint density at radius 2 is 1.96 bits per heavy atom. The molecule has 2 unspecified atom stereocenters. The van der Waals surface area contributed by atoms with Crippen molar-refractivity contribution >= 4 is 11.8 Å². The summed E-state index contributed by atoms with van der Waals surface area (Å²) >= 11 is 0. The predicted octanol–water partition coefficient (Wildman–Crippen LogP) is 1.67. The summed E-state index contributed by atoms with van der Waals surface area (Å²) in [5.74, 6) is 0.889. The Morgan fingerprint density at radius 1 is 1.17 bits per heavy atom. The Bertz CT molecular complexity index is 440. The summed E-state index contributed by atoms with van der Waals surface area (Å²) in [4.78, 5) is 27.0. The zero-order valence-corrected chi connectivity index (χ0v) is 14.4. The van der Waals surface area contributed by atoms with E-state index in [1.807, 2.05) is 0 Å². The van der Waals surface area contributed by atoms with Gasteiger partial charge in [-0.25, -0.2) is 0 Å². The predicted molar refractivity (Wildman–Crippen MR) is 89.9 cm³/mol. The van der Waals surface area contributed by atoms with Gasteiger partial charge in [0.05, 0.1) is 6.04 Å². The molecule has 3 rings (SSSR count). The molecule has 5 heteroatoms. The van der Waals surface area contributed by atoms with Crippen molar-refractivity contribution < 1.29 is 9.59 Å². The van der Waals surface area contributed by atoms with Crippen LogP contribution in [0.4, 0.5) is 0 Å². The highest BCUT2D eigenvalue weighted by Crippen LogP contribution is 2.39. The van der Waals surface area contributed by atoms with E-state index in [0.29, 0.717) is 18.4 Å². The van der Waals surface area contributed by atoms with Gasteiger partial charge < -0.3 is 15.5 Å². The van der Waals surface area contributed by atoms with E-state index >= 15 is 0 Å². The molecule has 2 aliphatic heterocycles. The zero-order chi connectivity index (χ0) is 16.3. The number of carbonyl (C=O) groups is 2. The molecule has 5 nitrogen and oxygen atoms in total. The van der Waals surface area contributed by atoms with Gasteiger partial charge in [-0.3, -0.25) is 9.59 Å². The van der Waals surface area contributed by atoms with Gasteiger partial charge in [0.1, 0.15) is 0 Å². The molecule has 0 bridgehead atoms. The summed E-state index contributed by atoms with van der Waals surface area (Å²) in [5, 5.41) is 6.33. The van der Waals surface area contributed by atoms with Gasteiger partial charge in [-0.15, -0.1) is 0 Å². The van der Waals surface area contributed by atoms with Crippen LogP contribution in [-0.4, -0.2) is 48.9 Å². The Morgan fingerprint density at radius 3 is 2.65 bits per heavy atom. The van der Waals surface area contributed by atoms with Crippen molar-refractivity contribution in [3.05, 3.63) is 0 Å². The standard InChI is InChI=1S/C18H31N3O2/c1-18(8-2-3-9-18)17(23)21-11-5-6-14(13-21)12-20-16(22)15-7-4-10-19-15/h14-15,19H,2-13H2,1H3,(H,20,22). The van der Waals surface area contributed by atoms with Gasteiger partial charge in [0.15, 0.2) is 0 Å². The Kier molecular flexibility index (Phi) is 5.24. The van der Waals surface area contributed by atoms with Crippen LogP contribution in [0.1, 0.15) is 58.3 Å². The van der Waals surface area contributed by atoms with Crippen LogP contribution in [0, 0.1) is 11.3 Å². The molecule has 2 heterocycles. The Labute approximate surface area is 139 Å². The molecule has 3 fully saturated rings. The maximum atomic E-state index is 12.8. The molecule has 2 amide bonds. The molecule has 0 radical (unpaired) electrons. The number of nitrogens with one attached hydrogen (secondary N) is 2. The molecule has 0 aromatic carbocycles. The third-order valence-electron chi connectivity index (χ3n) is 5.97. The number of rotatable bonds is 4. The Balaban J connectivity index is 1.48. The molecule has 2 saturated heterocycles. The van der Waals surface area contributed by atoms with Crippen molar-refractivity contribution in [1.82, 2.24) is 15.5 Å². The SMILES string of the molecule is CC1(C(=O)N2CCCC(CNC(=O)C3CCCN3)C2)CCCC1. The van der Waals surface area contributed by atoms with E-state index in [4.69, 9.17) is 0 Å². The van der Waals surface area contributed by atoms with Crippen molar-refractivity contribution in [2.75, 3.05) is 26.2 Å². The van der Waals surface area contributed by atoms with Gasteiger partial charge in [0.2, 0.25) is 11.8 Å². The summed E-state index contributed by atoms with van der Waals surface area (Å²) in [6.45, 7) is 5.50. The largest absolute Gasteiger partial charge is 0.354 e. The maximum absolute atomic E-state index is 12.8. The first-order valence-corrected chi connectivity index (χ1v) is 9.39. The number of amides is 2. The molecule has 0 aromatic heterocycles. The minimum absolute atomic E-state index is 0.00581. The van der Waals surface area contributed by atoms with E-state index in [1.54, 1.807) is 0 Å². The van der Waals surface area contributed by atoms with Gasteiger partial charge >= 0.3 is 0 Å². The third-order valence-corrected chi connectivity index (χ3v) is 5.97. The molecule has 0 aromatic rings. The first-order chi connectivity index (χ1) is 11.1. The molecule has 23 heavy (non-hydrogen) atoms. The van der Waals surface area contributed by atoms with Gasteiger partial charge in [-0.2, -0.15) is 0 Å². The molecule has 2 N–H and O–H groups in total. The fraction of sp³-hybridized carbons (Fsp3) is 0.889. The lowest BCUT2D eigenvalue weighted by Gasteiger charge is -2.37. The molecule has 1 aliphatic carbocycles. The summed E-state index contributed by atoms with van der Waals surface area (Å²) in [6, 6.07) is -0.00581. The molecular weight excluding hydrogens is 290 g/mol. The van der Waals surface area contributed by atoms with E-state index in [9.17, 15) is 9.59 Å². The lowest BCUT2D eigenvalue weighted by molar-refractivity contribution is -0.142. The zero-order valence-electron chi connectivity index (χ0n) is 14.4.